The van der Waals surface area contributed by atoms with E-state index in [-0.39, 0.29) is 19.1 Å². The lowest BCUT2D eigenvalue weighted by Gasteiger charge is -2.13. The van der Waals surface area contributed by atoms with Crippen LogP contribution in [0.3, 0.4) is 0 Å². The van der Waals surface area contributed by atoms with Gasteiger partial charge in [-0.1, -0.05) is 33.2 Å². The highest BCUT2D eigenvalue weighted by Gasteiger charge is 2.12. The van der Waals surface area contributed by atoms with Gasteiger partial charge in [-0.3, -0.25) is 4.18 Å². The van der Waals surface area contributed by atoms with Gasteiger partial charge in [0.25, 0.3) is 10.1 Å². The van der Waals surface area contributed by atoms with Gasteiger partial charge in [-0.2, -0.15) is 8.42 Å². The Balaban J connectivity index is 2.55. The molecule has 0 aliphatic rings. The van der Waals surface area contributed by atoms with Crippen LogP contribution in [0.25, 0.3) is 10.4 Å². The Bertz CT molecular complexity index is 568. The van der Waals surface area contributed by atoms with Gasteiger partial charge >= 0.3 is 0 Å². The molecule has 1 atom stereocenters. The first-order chi connectivity index (χ1) is 9.40. The van der Waals surface area contributed by atoms with Gasteiger partial charge in [0.15, 0.2) is 0 Å². The summed E-state index contributed by atoms with van der Waals surface area (Å²) in [5.41, 5.74) is 9.49. The summed E-state index contributed by atoms with van der Waals surface area (Å²) >= 11 is 3.36. The molecule has 0 N–H and O–H groups in total. The highest BCUT2D eigenvalue weighted by atomic mass is 79.9. The van der Waals surface area contributed by atoms with Crippen LogP contribution in [0.2, 0.25) is 0 Å². The standard InChI is InChI=1S/C12H16BrN3O3S/c1-20(17,18)19-9-11(8-15-16-14)3-2-10-4-6-12(13)7-5-10/h4-7,11H,2-3,8-9H2,1H3. The Morgan fingerprint density at radius 2 is 2.05 bits per heavy atom. The molecule has 0 aromatic heterocycles. The molecule has 110 valence electrons. The zero-order valence-electron chi connectivity index (χ0n) is 11.1. The third kappa shape index (κ3) is 7.49. The first-order valence-electron chi connectivity index (χ1n) is 6.00. The summed E-state index contributed by atoms with van der Waals surface area (Å²) in [7, 11) is -3.47. The summed E-state index contributed by atoms with van der Waals surface area (Å²) in [5.74, 6) is -0.121. The number of azide groups is 1. The van der Waals surface area contributed by atoms with E-state index in [1.54, 1.807) is 0 Å². The number of rotatable bonds is 8. The fourth-order valence-corrected chi connectivity index (χ4v) is 2.32. The van der Waals surface area contributed by atoms with Gasteiger partial charge in [0.1, 0.15) is 0 Å². The Labute approximate surface area is 127 Å². The highest BCUT2D eigenvalue weighted by Crippen LogP contribution is 2.15. The van der Waals surface area contributed by atoms with E-state index in [0.717, 1.165) is 22.7 Å². The third-order valence-corrected chi connectivity index (χ3v) is 3.77. The van der Waals surface area contributed by atoms with Gasteiger partial charge < -0.3 is 0 Å². The molecule has 1 rings (SSSR count). The summed E-state index contributed by atoms with van der Waals surface area (Å²) < 4.78 is 27.8. The van der Waals surface area contributed by atoms with Gasteiger partial charge in [-0.25, -0.2) is 0 Å². The second-order valence-corrected chi connectivity index (χ2v) is 6.99. The fraction of sp³-hybridized carbons (Fsp3) is 0.500. The molecule has 0 saturated carbocycles. The molecular weight excluding hydrogens is 346 g/mol. The molecule has 1 aromatic carbocycles. The molecule has 0 aliphatic carbocycles. The molecule has 0 fully saturated rings. The molecular formula is C12H16BrN3O3S. The smallest absolute Gasteiger partial charge is 0.264 e. The molecule has 0 spiro atoms. The quantitative estimate of drug-likeness (QED) is 0.307. The molecule has 0 saturated heterocycles. The minimum atomic E-state index is -3.47. The van der Waals surface area contributed by atoms with Crippen LogP contribution in [0.4, 0.5) is 0 Å². The summed E-state index contributed by atoms with van der Waals surface area (Å²) in [6.45, 7) is 0.261. The van der Waals surface area contributed by atoms with Crippen molar-refractivity contribution in [3.05, 3.63) is 44.7 Å². The molecule has 20 heavy (non-hydrogen) atoms. The number of hydrogen-bond acceptors (Lipinski definition) is 4. The Morgan fingerprint density at radius 1 is 1.40 bits per heavy atom. The molecule has 8 heteroatoms. The Kier molecular flexibility index (Phi) is 7.01. The van der Waals surface area contributed by atoms with Gasteiger partial charge in [0, 0.05) is 15.9 Å². The maximum absolute atomic E-state index is 11.0. The summed E-state index contributed by atoms with van der Waals surface area (Å²) in [6, 6.07) is 7.88. The largest absolute Gasteiger partial charge is 0.270 e. The molecule has 0 heterocycles. The van der Waals surface area contributed by atoms with Crippen molar-refractivity contribution in [3.63, 3.8) is 0 Å². The van der Waals surface area contributed by atoms with Gasteiger partial charge in [0.05, 0.1) is 12.9 Å². The van der Waals surface area contributed by atoms with Crippen LogP contribution in [0.15, 0.2) is 33.9 Å². The summed E-state index contributed by atoms with van der Waals surface area (Å²) in [6.07, 6.45) is 2.47. The molecule has 0 aliphatic heterocycles. The second kappa shape index (κ2) is 8.26. The monoisotopic (exact) mass is 361 g/mol. The number of nitrogens with zero attached hydrogens (tertiary/aromatic N) is 3. The van der Waals surface area contributed by atoms with Gasteiger partial charge in [-0.15, -0.1) is 0 Å². The van der Waals surface area contributed by atoms with E-state index in [1.807, 2.05) is 24.3 Å². The van der Waals surface area contributed by atoms with Crippen molar-refractivity contribution >= 4 is 26.0 Å². The number of aryl methyl sites for hydroxylation is 1. The lowest BCUT2D eigenvalue weighted by atomic mass is 10.0. The molecule has 6 nitrogen and oxygen atoms in total. The van der Waals surface area contributed by atoms with Crippen LogP contribution in [-0.2, 0) is 20.7 Å². The minimum absolute atomic E-state index is 0.0361. The molecule has 0 amide bonds. The topological polar surface area (TPSA) is 92.1 Å². The van der Waals surface area contributed by atoms with E-state index in [4.69, 9.17) is 9.71 Å². The van der Waals surface area contributed by atoms with Crippen LogP contribution in [0.5, 0.6) is 0 Å². The average molecular weight is 362 g/mol. The van der Waals surface area contributed by atoms with E-state index in [2.05, 4.69) is 26.0 Å². The van der Waals surface area contributed by atoms with Crippen LogP contribution in [0, 0.1) is 5.92 Å². The fourth-order valence-electron chi connectivity index (χ4n) is 1.62. The van der Waals surface area contributed by atoms with Crippen LogP contribution in [0.1, 0.15) is 12.0 Å². The first-order valence-corrected chi connectivity index (χ1v) is 8.61. The zero-order valence-corrected chi connectivity index (χ0v) is 13.5. The zero-order chi connectivity index (χ0) is 15.0. The van der Waals surface area contributed by atoms with E-state index >= 15 is 0 Å². The summed E-state index contributed by atoms with van der Waals surface area (Å²) in [5, 5.41) is 3.50. The van der Waals surface area contributed by atoms with E-state index < -0.39 is 10.1 Å². The number of halogens is 1. The lowest BCUT2D eigenvalue weighted by Crippen LogP contribution is -2.17. The van der Waals surface area contributed by atoms with Crippen molar-refractivity contribution in [1.29, 1.82) is 0 Å². The van der Waals surface area contributed by atoms with E-state index in [9.17, 15) is 8.42 Å². The lowest BCUT2D eigenvalue weighted by molar-refractivity contribution is 0.252. The van der Waals surface area contributed by atoms with Crippen molar-refractivity contribution in [1.82, 2.24) is 0 Å². The number of benzene rings is 1. The SMILES string of the molecule is CS(=O)(=O)OCC(CCc1ccc(Br)cc1)CN=[N+]=[N-]. The summed E-state index contributed by atoms with van der Waals surface area (Å²) in [4.78, 5) is 2.70. The van der Waals surface area contributed by atoms with Crippen LogP contribution < -0.4 is 0 Å². The maximum atomic E-state index is 11.0. The predicted molar refractivity (Wildman–Crippen MR) is 80.8 cm³/mol. The van der Waals surface area contributed by atoms with Crippen molar-refractivity contribution < 1.29 is 12.6 Å². The van der Waals surface area contributed by atoms with E-state index in [1.165, 1.54) is 0 Å². The number of hydrogen-bond donors (Lipinski definition) is 0. The van der Waals surface area contributed by atoms with E-state index in [0.29, 0.717) is 6.42 Å². The third-order valence-electron chi connectivity index (χ3n) is 2.68. The molecule has 1 aromatic rings. The second-order valence-electron chi connectivity index (χ2n) is 4.43. The molecule has 0 radical (unpaired) electrons. The molecule has 1 unspecified atom stereocenters. The van der Waals surface area contributed by atoms with Crippen LogP contribution >= 0.6 is 15.9 Å². The van der Waals surface area contributed by atoms with Gasteiger partial charge in [-0.05, 0) is 42.0 Å². The van der Waals surface area contributed by atoms with Crippen molar-refractivity contribution in [2.75, 3.05) is 19.4 Å². The average Bonchev–Trinajstić information content (AvgIpc) is 2.38. The van der Waals surface area contributed by atoms with Crippen LogP contribution in [-0.4, -0.2) is 27.8 Å². The Morgan fingerprint density at radius 3 is 2.60 bits per heavy atom. The Hall–Kier alpha value is -1.08. The normalized spacial score (nSPS) is 12.7. The van der Waals surface area contributed by atoms with Crippen molar-refractivity contribution in [2.24, 2.45) is 11.0 Å². The predicted octanol–water partition coefficient (Wildman–Crippen LogP) is 3.28. The van der Waals surface area contributed by atoms with Crippen molar-refractivity contribution in [3.8, 4) is 0 Å². The molecule has 0 bridgehead atoms. The first kappa shape index (κ1) is 17.0. The highest BCUT2D eigenvalue weighted by molar-refractivity contribution is 9.10. The maximum Gasteiger partial charge on any atom is 0.264 e. The van der Waals surface area contributed by atoms with Crippen molar-refractivity contribution in [2.45, 2.75) is 12.8 Å². The minimum Gasteiger partial charge on any atom is -0.270 e. The van der Waals surface area contributed by atoms with Gasteiger partial charge in [0.2, 0.25) is 0 Å².